The average Bonchev–Trinajstić information content (AvgIpc) is 2.54. The summed E-state index contributed by atoms with van der Waals surface area (Å²) in [7, 11) is 0. The Morgan fingerprint density at radius 3 is 2.80 bits per heavy atom. The molecule has 1 atom stereocenters. The van der Waals surface area contributed by atoms with Crippen molar-refractivity contribution in [1.29, 1.82) is 0 Å². The molecule has 25 heavy (non-hydrogen) atoms. The predicted octanol–water partition coefficient (Wildman–Crippen LogP) is 2.21. The molecule has 0 spiro atoms. The van der Waals surface area contributed by atoms with Gasteiger partial charge in [-0.3, -0.25) is 4.79 Å². The fourth-order valence-corrected chi connectivity index (χ4v) is 3.61. The molecule has 1 aliphatic heterocycles. The number of nitrogens with zero attached hydrogens (tertiary/aromatic N) is 3. The molecule has 5 N–H and O–H groups in total. The molecule has 1 saturated heterocycles. The number of hydrogen-bond acceptors (Lipinski definition) is 6. The van der Waals surface area contributed by atoms with E-state index in [1.165, 1.54) is 0 Å². The van der Waals surface area contributed by atoms with Crippen LogP contribution in [0.15, 0.2) is 30.3 Å². The summed E-state index contributed by atoms with van der Waals surface area (Å²) in [5.74, 6) is 0.0776. The van der Waals surface area contributed by atoms with Crippen molar-refractivity contribution in [3.63, 3.8) is 0 Å². The van der Waals surface area contributed by atoms with Crippen molar-refractivity contribution in [3.05, 3.63) is 40.9 Å². The first-order valence-electron chi connectivity index (χ1n) is 8.01. The Kier molecular flexibility index (Phi) is 4.67. The minimum Gasteiger partial charge on any atom is -0.481 e. The average molecular weight is 362 g/mol. The Morgan fingerprint density at radius 1 is 1.32 bits per heavy atom. The minimum atomic E-state index is -0.919. The molecule has 7 nitrogen and oxygen atoms in total. The number of rotatable bonds is 4. The van der Waals surface area contributed by atoms with Crippen molar-refractivity contribution in [2.45, 2.75) is 19.3 Å². The number of nitrogens with two attached hydrogens (primary N) is 2. The molecule has 1 aromatic heterocycles. The van der Waals surface area contributed by atoms with Gasteiger partial charge in [0.25, 0.3) is 0 Å². The highest BCUT2D eigenvalue weighted by atomic mass is 35.5. The van der Waals surface area contributed by atoms with Crippen LogP contribution < -0.4 is 16.4 Å². The molecule has 0 saturated carbocycles. The van der Waals surface area contributed by atoms with Crippen LogP contribution in [0.25, 0.3) is 0 Å². The number of carboxylic acid groups (broad SMARTS) is 1. The van der Waals surface area contributed by atoms with Crippen molar-refractivity contribution in [1.82, 2.24) is 9.97 Å². The minimum absolute atomic E-state index is 0.0799. The van der Waals surface area contributed by atoms with Gasteiger partial charge in [0.05, 0.1) is 5.41 Å². The van der Waals surface area contributed by atoms with Gasteiger partial charge in [0.15, 0.2) is 0 Å². The number of anilines is 3. The number of nitrogen functional groups attached to an aromatic ring is 2. The number of piperidine rings is 1. The van der Waals surface area contributed by atoms with Gasteiger partial charge in [0.1, 0.15) is 11.6 Å². The van der Waals surface area contributed by atoms with Crippen molar-refractivity contribution >= 4 is 35.2 Å². The molecular weight excluding hydrogens is 342 g/mol. The normalized spacial score (nSPS) is 20.4. The highest BCUT2D eigenvalue weighted by Crippen LogP contribution is 2.36. The van der Waals surface area contributed by atoms with E-state index >= 15 is 0 Å². The molecule has 1 unspecified atom stereocenters. The number of hydrogen-bond donors (Lipinski definition) is 3. The second-order valence-electron chi connectivity index (χ2n) is 6.43. The van der Waals surface area contributed by atoms with Gasteiger partial charge >= 0.3 is 5.97 Å². The third-order valence-electron chi connectivity index (χ3n) is 4.54. The summed E-state index contributed by atoms with van der Waals surface area (Å²) in [5, 5.41) is 10.6. The largest absolute Gasteiger partial charge is 0.481 e. The van der Waals surface area contributed by atoms with E-state index in [2.05, 4.69) is 9.97 Å². The molecule has 2 aromatic rings. The maximum absolute atomic E-state index is 12.1. The lowest BCUT2D eigenvalue weighted by molar-refractivity contribution is -0.149. The molecule has 0 radical (unpaired) electrons. The lowest BCUT2D eigenvalue weighted by Gasteiger charge is -2.40. The predicted molar refractivity (Wildman–Crippen MR) is 97.5 cm³/mol. The molecule has 0 bridgehead atoms. The van der Waals surface area contributed by atoms with Crippen LogP contribution in [0, 0.1) is 5.41 Å². The topological polar surface area (TPSA) is 118 Å². The van der Waals surface area contributed by atoms with Crippen LogP contribution >= 0.6 is 11.6 Å². The van der Waals surface area contributed by atoms with Crippen molar-refractivity contribution in [3.8, 4) is 0 Å². The smallest absolute Gasteiger partial charge is 0.311 e. The van der Waals surface area contributed by atoms with Crippen molar-refractivity contribution < 1.29 is 9.90 Å². The molecule has 8 heteroatoms. The zero-order valence-corrected chi connectivity index (χ0v) is 14.4. The number of carbonyl (C=O) groups is 1. The monoisotopic (exact) mass is 361 g/mol. The van der Waals surface area contributed by atoms with Crippen LogP contribution in [0.2, 0.25) is 5.02 Å². The highest BCUT2D eigenvalue weighted by molar-refractivity contribution is 6.30. The maximum atomic E-state index is 12.1. The summed E-state index contributed by atoms with van der Waals surface area (Å²) >= 11 is 6.04. The van der Waals surface area contributed by atoms with Crippen LogP contribution in [0.1, 0.15) is 18.4 Å². The van der Waals surface area contributed by atoms with Gasteiger partial charge < -0.3 is 21.5 Å². The molecule has 0 aliphatic carbocycles. The first-order valence-corrected chi connectivity index (χ1v) is 8.39. The molecule has 1 aromatic carbocycles. The SMILES string of the molecule is Nc1cc(N2CCCC(Cc3cccc(Cl)c3)(C(=O)O)C2)nc(N)n1. The summed E-state index contributed by atoms with van der Waals surface area (Å²) in [5.41, 5.74) is 11.4. The van der Waals surface area contributed by atoms with Crippen molar-refractivity contribution in [2.24, 2.45) is 5.41 Å². The summed E-state index contributed by atoms with van der Waals surface area (Å²) in [6.07, 6.45) is 1.72. The van der Waals surface area contributed by atoms with Crippen LogP contribution in [0.4, 0.5) is 17.6 Å². The van der Waals surface area contributed by atoms with E-state index < -0.39 is 11.4 Å². The van der Waals surface area contributed by atoms with Crippen LogP contribution in [0.3, 0.4) is 0 Å². The molecule has 1 aliphatic rings. The van der Waals surface area contributed by atoms with Gasteiger partial charge in [-0.25, -0.2) is 0 Å². The van der Waals surface area contributed by atoms with Gasteiger partial charge in [-0.15, -0.1) is 0 Å². The third kappa shape index (κ3) is 3.76. The first-order chi connectivity index (χ1) is 11.9. The van der Waals surface area contributed by atoms with Gasteiger partial charge in [0, 0.05) is 24.2 Å². The molecular formula is C17H20ClN5O2. The van der Waals surface area contributed by atoms with E-state index in [0.717, 1.165) is 12.0 Å². The Balaban J connectivity index is 1.90. The van der Waals surface area contributed by atoms with Gasteiger partial charge in [-0.2, -0.15) is 9.97 Å². The first kappa shape index (κ1) is 17.3. The van der Waals surface area contributed by atoms with Gasteiger partial charge in [-0.1, -0.05) is 23.7 Å². The second kappa shape index (κ2) is 6.76. The summed E-state index contributed by atoms with van der Waals surface area (Å²) in [4.78, 5) is 22.1. The van der Waals surface area contributed by atoms with Crippen molar-refractivity contribution in [2.75, 3.05) is 29.5 Å². The van der Waals surface area contributed by atoms with E-state index in [1.54, 1.807) is 12.1 Å². The van der Waals surface area contributed by atoms with E-state index in [1.807, 2.05) is 23.1 Å². The van der Waals surface area contributed by atoms with E-state index in [9.17, 15) is 9.90 Å². The van der Waals surface area contributed by atoms with E-state index in [-0.39, 0.29) is 11.8 Å². The summed E-state index contributed by atoms with van der Waals surface area (Å²) in [6, 6.07) is 8.94. The standard InChI is InChI=1S/C17H20ClN5O2/c18-12-4-1-3-11(7-12)9-17(15(24)25)5-2-6-23(10-17)14-8-13(19)21-16(20)22-14/h1,3-4,7-8H,2,5-6,9-10H2,(H,24,25)(H4,19,20,21,22). The van der Waals surface area contributed by atoms with Crippen LogP contribution in [0.5, 0.6) is 0 Å². The fraction of sp³-hybridized carbons (Fsp3) is 0.353. The van der Waals surface area contributed by atoms with Crippen LogP contribution in [-0.4, -0.2) is 34.1 Å². The number of halogens is 1. The molecule has 2 heterocycles. The quantitative estimate of drug-likeness (QED) is 0.763. The number of benzene rings is 1. The molecule has 3 rings (SSSR count). The van der Waals surface area contributed by atoms with E-state index in [4.69, 9.17) is 23.1 Å². The number of aliphatic carboxylic acids is 1. The lowest BCUT2D eigenvalue weighted by atomic mass is 9.75. The highest BCUT2D eigenvalue weighted by Gasteiger charge is 2.43. The Bertz CT molecular complexity index is 780. The summed E-state index contributed by atoms with van der Waals surface area (Å²) in [6.45, 7) is 1.02. The molecule has 0 amide bonds. The Hall–Kier alpha value is -2.54. The lowest BCUT2D eigenvalue weighted by Crippen LogP contribution is -2.49. The number of carboxylic acids is 1. The molecule has 132 valence electrons. The van der Waals surface area contributed by atoms with Crippen LogP contribution in [-0.2, 0) is 11.2 Å². The number of aromatic nitrogens is 2. The third-order valence-corrected chi connectivity index (χ3v) is 4.77. The second-order valence-corrected chi connectivity index (χ2v) is 6.86. The zero-order valence-electron chi connectivity index (χ0n) is 13.7. The Labute approximate surface area is 150 Å². The Morgan fingerprint density at radius 2 is 2.12 bits per heavy atom. The summed E-state index contributed by atoms with van der Waals surface area (Å²) < 4.78 is 0. The van der Waals surface area contributed by atoms with Gasteiger partial charge in [-0.05, 0) is 37.0 Å². The molecule has 1 fully saturated rings. The van der Waals surface area contributed by atoms with Gasteiger partial charge in [0.2, 0.25) is 5.95 Å². The maximum Gasteiger partial charge on any atom is 0.311 e. The zero-order chi connectivity index (χ0) is 18.0. The van der Waals surface area contributed by atoms with E-state index in [0.29, 0.717) is 36.8 Å². The fourth-order valence-electron chi connectivity index (χ4n) is 3.39.